The van der Waals surface area contributed by atoms with E-state index >= 15 is 0 Å². The van der Waals surface area contributed by atoms with Crippen molar-refractivity contribution in [3.63, 3.8) is 0 Å². The van der Waals surface area contributed by atoms with Crippen LogP contribution in [0.5, 0.6) is 0 Å². The Labute approximate surface area is 168 Å². The third-order valence-electron chi connectivity index (χ3n) is 4.47. The van der Waals surface area contributed by atoms with E-state index in [2.05, 4.69) is 11.1 Å². The zero-order valence-corrected chi connectivity index (χ0v) is 16.8. The van der Waals surface area contributed by atoms with Gasteiger partial charge in [0.2, 0.25) is 0 Å². The van der Waals surface area contributed by atoms with Crippen LogP contribution in [0.15, 0.2) is 75.0 Å². The number of benzene rings is 2. The molecular weight excluding hydrogens is 368 g/mol. The van der Waals surface area contributed by atoms with E-state index in [-0.39, 0.29) is 5.91 Å². The van der Waals surface area contributed by atoms with Crippen molar-refractivity contribution in [3.05, 3.63) is 82.5 Å². The van der Waals surface area contributed by atoms with Crippen LogP contribution in [0.3, 0.4) is 0 Å². The summed E-state index contributed by atoms with van der Waals surface area (Å²) in [6.07, 6.45) is 1.78. The van der Waals surface area contributed by atoms with E-state index in [0.717, 1.165) is 17.0 Å². The van der Waals surface area contributed by atoms with Gasteiger partial charge >= 0.3 is 0 Å². The molecule has 3 aromatic rings. The summed E-state index contributed by atoms with van der Waals surface area (Å²) in [5.74, 6) is 1.36. The first-order chi connectivity index (χ1) is 13.5. The number of hydrogen-bond donors (Lipinski definition) is 0. The largest absolute Gasteiger partial charge is 0.457 e. The Hall–Kier alpha value is -3.05. The van der Waals surface area contributed by atoms with Crippen LogP contribution in [-0.4, -0.2) is 23.0 Å². The molecular formula is C23H20N2O2S. The molecule has 28 heavy (non-hydrogen) atoms. The van der Waals surface area contributed by atoms with Crippen LogP contribution >= 0.6 is 11.8 Å². The van der Waals surface area contributed by atoms with Crippen molar-refractivity contribution in [2.45, 2.75) is 13.8 Å². The van der Waals surface area contributed by atoms with Gasteiger partial charge in [-0.3, -0.25) is 9.69 Å². The van der Waals surface area contributed by atoms with E-state index in [4.69, 9.17) is 4.42 Å². The fourth-order valence-corrected chi connectivity index (χ4v) is 3.86. The quantitative estimate of drug-likeness (QED) is 0.533. The molecule has 0 saturated carbocycles. The lowest BCUT2D eigenvalue weighted by molar-refractivity contribution is -0.121. The summed E-state index contributed by atoms with van der Waals surface area (Å²) in [6.45, 7) is 4.08. The Bertz CT molecular complexity index is 1090. The van der Waals surface area contributed by atoms with Crippen molar-refractivity contribution in [2.24, 2.45) is 4.99 Å². The molecule has 1 amide bonds. The van der Waals surface area contributed by atoms with Gasteiger partial charge in [-0.25, -0.2) is 4.99 Å². The number of rotatable bonds is 3. The number of amides is 1. The molecule has 0 unspecified atom stereocenters. The molecule has 0 N–H and O–H groups in total. The summed E-state index contributed by atoms with van der Waals surface area (Å²) < 4.78 is 5.94. The maximum Gasteiger partial charge on any atom is 0.266 e. The van der Waals surface area contributed by atoms with Crippen molar-refractivity contribution >= 4 is 34.6 Å². The van der Waals surface area contributed by atoms with Crippen LogP contribution in [0.1, 0.15) is 16.9 Å². The highest BCUT2D eigenvalue weighted by molar-refractivity contribution is 8.18. The maximum absolute atomic E-state index is 12.6. The van der Waals surface area contributed by atoms with Crippen molar-refractivity contribution in [2.75, 3.05) is 7.05 Å². The van der Waals surface area contributed by atoms with Crippen LogP contribution in [-0.2, 0) is 4.79 Å². The van der Waals surface area contributed by atoms with E-state index in [1.807, 2.05) is 68.4 Å². The molecule has 1 aromatic heterocycles. The predicted molar refractivity (Wildman–Crippen MR) is 115 cm³/mol. The summed E-state index contributed by atoms with van der Waals surface area (Å²) >= 11 is 1.36. The lowest BCUT2D eigenvalue weighted by Gasteiger charge is -2.07. The minimum atomic E-state index is -0.0793. The lowest BCUT2D eigenvalue weighted by atomic mass is 10.1. The van der Waals surface area contributed by atoms with Gasteiger partial charge in [-0.2, -0.15) is 0 Å². The highest BCUT2D eigenvalue weighted by atomic mass is 32.2. The molecule has 0 radical (unpaired) electrons. The number of thioether (sulfide) groups is 1. The normalized spacial score (nSPS) is 17.1. The summed E-state index contributed by atoms with van der Waals surface area (Å²) in [4.78, 5) is 19.4. The molecule has 4 nitrogen and oxygen atoms in total. The number of furan rings is 1. The minimum Gasteiger partial charge on any atom is -0.457 e. The fourth-order valence-electron chi connectivity index (χ4n) is 2.89. The molecule has 1 aliphatic heterocycles. The van der Waals surface area contributed by atoms with Gasteiger partial charge in [0.05, 0.1) is 10.6 Å². The molecule has 0 spiro atoms. The Morgan fingerprint density at radius 1 is 1.00 bits per heavy atom. The van der Waals surface area contributed by atoms with Gasteiger partial charge in [0, 0.05) is 18.7 Å². The minimum absolute atomic E-state index is 0.0793. The van der Waals surface area contributed by atoms with Gasteiger partial charge in [-0.15, -0.1) is 0 Å². The van der Waals surface area contributed by atoms with Gasteiger partial charge < -0.3 is 4.42 Å². The molecule has 4 rings (SSSR count). The topological polar surface area (TPSA) is 45.8 Å². The number of aryl methyl sites for hydroxylation is 2. The van der Waals surface area contributed by atoms with Crippen LogP contribution in [0, 0.1) is 13.8 Å². The van der Waals surface area contributed by atoms with Crippen LogP contribution in [0.25, 0.3) is 17.4 Å². The van der Waals surface area contributed by atoms with E-state index in [1.165, 1.54) is 22.9 Å². The number of hydrogen-bond acceptors (Lipinski definition) is 4. The number of amidine groups is 1. The Balaban J connectivity index is 1.58. The van der Waals surface area contributed by atoms with Crippen molar-refractivity contribution in [1.29, 1.82) is 0 Å². The van der Waals surface area contributed by atoms with Crippen molar-refractivity contribution in [1.82, 2.24) is 4.90 Å². The smallest absolute Gasteiger partial charge is 0.266 e. The van der Waals surface area contributed by atoms with Crippen LogP contribution in [0.4, 0.5) is 5.69 Å². The highest BCUT2D eigenvalue weighted by Gasteiger charge is 2.30. The number of carbonyl (C=O) groups is 1. The Morgan fingerprint density at radius 2 is 1.79 bits per heavy atom. The summed E-state index contributed by atoms with van der Waals surface area (Å²) in [7, 11) is 1.74. The first-order valence-electron chi connectivity index (χ1n) is 8.99. The molecule has 1 saturated heterocycles. The summed E-state index contributed by atoms with van der Waals surface area (Å²) in [5, 5.41) is 0.658. The summed E-state index contributed by atoms with van der Waals surface area (Å²) in [6, 6.07) is 19.9. The average Bonchev–Trinajstić information content (AvgIpc) is 3.25. The van der Waals surface area contributed by atoms with Gasteiger partial charge in [-0.05, 0) is 55.9 Å². The number of carbonyl (C=O) groups excluding carboxylic acids is 1. The van der Waals surface area contributed by atoms with Gasteiger partial charge in [0.15, 0.2) is 5.17 Å². The zero-order valence-electron chi connectivity index (χ0n) is 16.0. The van der Waals surface area contributed by atoms with Crippen LogP contribution in [0.2, 0.25) is 0 Å². The van der Waals surface area contributed by atoms with Gasteiger partial charge in [0.25, 0.3) is 5.91 Å². The number of nitrogens with zero attached hydrogens (tertiary/aromatic N) is 2. The maximum atomic E-state index is 12.6. The first kappa shape index (κ1) is 18.3. The van der Waals surface area contributed by atoms with Crippen LogP contribution < -0.4 is 0 Å². The van der Waals surface area contributed by atoms with E-state index in [9.17, 15) is 4.79 Å². The average molecular weight is 388 g/mol. The van der Waals surface area contributed by atoms with Gasteiger partial charge in [0.1, 0.15) is 11.5 Å². The van der Waals surface area contributed by atoms with E-state index < -0.39 is 0 Å². The SMILES string of the molecule is Cc1ccc(N=C2S/C(=C\c3ccc(-c4cccc(C)c4)o3)C(=O)N2C)cc1. The third-order valence-corrected chi connectivity index (χ3v) is 5.53. The van der Waals surface area contributed by atoms with Gasteiger partial charge in [-0.1, -0.05) is 41.5 Å². The second-order valence-corrected chi connectivity index (χ2v) is 7.79. The molecule has 1 aliphatic rings. The predicted octanol–water partition coefficient (Wildman–Crippen LogP) is 5.80. The zero-order chi connectivity index (χ0) is 19.7. The molecule has 2 aromatic carbocycles. The first-order valence-corrected chi connectivity index (χ1v) is 9.81. The Morgan fingerprint density at radius 3 is 2.54 bits per heavy atom. The van der Waals surface area contributed by atoms with E-state index in [0.29, 0.717) is 15.8 Å². The molecule has 140 valence electrons. The Kier molecular flexibility index (Phi) is 4.92. The molecule has 0 atom stereocenters. The van der Waals surface area contributed by atoms with Crippen molar-refractivity contribution < 1.29 is 9.21 Å². The molecule has 1 fully saturated rings. The molecule has 0 bridgehead atoms. The van der Waals surface area contributed by atoms with E-state index in [1.54, 1.807) is 18.0 Å². The molecule has 2 heterocycles. The summed E-state index contributed by atoms with van der Waals surface area (Å²) in [5.41, 5.74) is 4.20. The highest BCUT2D eigenvalue weighted by Crippen LogP contribution is 2.34. The lowest BCUT2D eigenvalue weighted by Crippen LogP contribution is -2.23. The second kappa shape index (κ2) is 7.52. The monoisotopic (exact) mass is 388 g/mol. The molecule has 5 heteroatoms. The second-order valence-electron chi connectivity index (χ2n) is 6.78. The van der Waals surface area contributed by atoms with Crippen molar-refractivity contribution in [3.8, 4) is 11.3 Å². The fraction of sp³-hybridized carbons (Fsp3) is 0.130. The number of aliphatic imine (C=N–C) groups is 1. The standard InChI is InChI=1S/C23H20N2O2S/c1-15-7-9-18(10-8-15)24-23-25(3)22(26)21(28-23)14-19-11-12-20(27-19)17-6-4-5-16(2)13-17/h4-14H,1-3H3/b21-14-,24-23?. The molecule has 0 aliphatic carbocycles. The number of likely N-dealkylation sites (N-methyl/N-ethyl adjacent to an activating group) is 1. The third kappa shape index (κ3) is 3.80.